The number of nitrogens with zero attached hydrogens (tertiary/aromatic N) is 2. The van der Waals surface area contributed by atoms with E-state index in [1.165, 1.54) is 34.4 Å². The predicted molar refractivity (Wildman–Crippen MR) is 109 cm³/mol. The highest BCUT2D eigenvalue weighted by molar-refractivity contribution is 7.18. The minimum Gasteiger partial charge on any atom is -0.351 e. The van der Waals surface area contributed by atoms with Crippen LogP contribution in [-0.2, 0) is 25.9 Å². The van der Waals surface area contributed by atoms with Crippen LogP contribution < -0.4 is 10.9 Å². The van der Waals surface area contributed by atoms with Crippen LogP contribution in [0.2, 0.25) is 0 Å². The third-order valence-corrected chi connectivity index (χ3v) is 6.41. The number of anilines is 1. The van der Waals surface area contributed by atoms with Crippen molar-refractivity contribution in [3.8, 4) is 0 Å². The van der Waals surface area contributed by atoms with Crippen LogP contribution in [-0.4, -0.2) is 9.55 Å². The number of aryl methyl sites for hydroxylation is 3. The summed E-state index contributed by atoms with van der Waals surface area (Å²) in [5.41, 5.74) is 3.88. The van der Waals surface area contributed by atoms with Gasteiger partial charge in [-0.15, -0.1) is 11.3 Å². The van der Waals surface area contributed by atoms with Gasteiger partial charge in [-0.25, -0.2) is 4.98 Å². The first-order valence-electron chi connectivity index (χ1n) is 9.52. The SMILES string of the molecule is CCCn1c(NCc2ccccc2C)nc2sc3c(c2c1=O)CCCC3. The molecule has 0 unspecified atom stereocenters. The summed E-state index contributed by atoms with van der Waals surface area (Å²) in [4.78, 5) is 20.4. The summed E-state index contributed by atoms with van der Waals surface area (Å²) in [6, 6.07) is 8.33. The van der Waals surface area contributed by atoms with Crippen LogP contribution >= 0.6 is 11.3 Å². The molecule has 0 saturated heterocycles. The molecule has 0 aliphatic heterocycles. The number of hydrogen-bond donors (Lipinski definition) is 1. The second-order valence-electron chi connectivity index (χ2n) is 7.06. The number of hydrogen-bond acceptors (Lipinski definition) is 4. The normalized spacial score (nSPS) is 13.8. The van der Waals surface area contributed by atoms with Gasteiger partial charge in [0.15, 0.2) is 0 Å². The molecule has 3 aromatic rings. The molecule has 0 bridgehead atoms. The van der Waals surface area contributed by atoms with Crippen LogP contribution in [0.1, 0.15) is 47.8 Å². The molecule has 26 heavy (non-hydrogen) atoms. The Morgan fingerprint density at radius 3 is 2.85 bits per heavy atom. The van der Waals surface area contributed by atoms with Crippen molar-refractivity contribution in [2.75, 3.05) is 5.32 Å². The first-order chi connectivity index (χ1) is 12.7. The van der Waals surface area contributed by atoms with E-state index in [1.807, 2.05) is 16.7 Å². The highest BCUT2D eigenvalue weighted by Gasteiger charge is 2.21. The summed E-state index contributed by atoms with van der Waals surface area (Å²) in [6.45, 7) is 5.59. The average Bonchev–Trinajstić information content (AvgIpc) is 3.02. The Bertz CT molecular complexity index is 1000. The maximum atomic E-state index is 13.2. The van der Waals surface area contributed by atoms with E-state index in [2.05, 4.69) is 31.3 Å². The van der Waals surface area contributed by atoms with Crippen molar-refractivity contribution in [1.29, 1.82) is 0 Å². The fourth-order valence-electron chi connectivity index (χ4n) is 3.79. The molecule has 0 amide bonds. The number of thiophene rings is 1. The van der Waals surface area contributed by atoms with Gasteiger partial charge in [-0.2, -0.15) is 0 Å². The summed E-state index contributed by atoms with van der Waals surface area (Å²) >= 11 is 1.72. The van der Waals surface area contributed by atoms with E-state index >= 15 is 0 Å². The number of rotatable bonds is 5. The summed E-state index contributed by atoms with van der Waals surface area (Å²) < 4.78 is 1.84. The second-order valence-corrected chi connectivity index (χ2v) is 8.15. The molecule has 2 aromatic heterocycles. The first kappa shape index (κ1) is 17.3. The molecule has 4 nitrogen and oxygen atoms in total. The van der Waals surface area contributed by atoms with Crippen molar-refractivity contribution in [2.24, 2.45) is 0 Å². The van der Waals surface area contributed by atoms with Crippen molar-refractivity contribution < 1.29 is 0 Å². The first-order valence-corrected chi connectivity index (χ1v) is 10.3. The molecular formula is C21H25N3OS. The van der Waals surface area contributed by atoms with Crippen LogP contribution in [0.3, 0.4) is 0 Å². The number of benzene rings is 1. The summed E-state index contributed by atoms with van der Waals surface area (Å²) in [7, 11) is 0. The largest absolute Gasteiger partial charge is 0.351 e. The van der Waals surface area contributed by atoms with Crippen molar-refractivity contribution in [2.45, 2.75) is 59.0 Å². The van der Waals surface area contributed by atoms with Crippen molar-refractivity contribution in [3.63, 3.8) is 0 Å². The van der Waals surface area contributed by atoms with Crippen LogP contribution in [0.25, 0.3) is 10.2 Å². The van der Waals surface area contributed by atoms with Crippen molar-refractivity contribution >= 4 is 27.5 Å². The van der Waals surface area contributed by atoms with E-state index in [4.69, 9.17) is 4.98 Å². The summed E-state index contributed by atoms with van der Waals surface area (Å²) in [5, 5.41) is 4.30. The molecule has 1 aromatic carbocycles. The van der Waals surface area contributed by atoms with Gasteiger partial charge in [0, 0.05) is 18.0 Å². The number of nitrogens with one attached hydrogen (secondary N) is 1. The number of aromatic nitrogens is 2. The Kier molecular flexibility index (Phi) is 4.81. The van der Waals surface area contributed by atoms with Gasteiger partial charge < -0.3 is 5.32 Å². The molecule has 1 aliphatic carbocycles. The topological polar surface area (TPSA) is 46.9 Å². The molecule has 5 heteroatoms. The minimum absolute atomic E-state index is 0.128. The second kappa shape index (κ2) is 7.23. The van der Waals surface area contributed by atoms with Crippen molar-refractivity contribution in [3.05, 3.63) is 56.2 Å². The van der Waals surface area contributed by atoms with Gasteiger partial charge in [0.2, 0.25) is 5.95 Å². The highest BCUT2D eigenvalue weighted by atomic mass is 32.1. The maximum Gasteiger partial charge on any atom is 0.263 e. The van der Waals surface area contributed by atoms with Gasteiger partial charge in [-0.3, -0.25) is 9.36 Å². The third-order valence-electron chi connectivity index (χ3n) is 5.22. The van der Waals surface area contributed by atoms with Gasteiger partial charge in [0.05, 0.1) is 5.39 Å². The highest BCUT2D eigenvalue weighted by Crippen LogP contribution is 2.34. The van der Waals surface area contributed by atoms with E-state index in [0.717, 1.165) is 29.5 Å². The van der Waals surface area contributed by atoms with Crippen molar-refractivity contribution in [1.82, 2.24) is 9.55 Å². The zero-order valence-corrected chi connectivity index (χ0v) is 16.3. The molecule has 2 heterocycles. The lowest BCUT2D eigenvalue weighted by atomic mass is 9.97. The van der Waals surface area contributed by atoms with Crippen LogP contribution in [0.15, 0.2) is 29.1 Å². The zero-order chi connectivity index (χ0) is 18.1. The Morgan fingerprint density at radius 1 is 1.23 bits per heavy atom. The van der Waals surface area contributed by atoms with Gasteiger partial charge in [-0.1, -0.05) is 31.2 Å². The zero-order valence-electron chi connectivity index (χ0n) is 15.5. The lowest BCUT2D eigenvalue weighted by molar-refractivity contribution is 0.651. The lowest BCUT2D eigenvalue weighted by Gasteiger charge is -2.15. The fraction of sp³-hybridized carbons (Fsp3) is 0.429. The average molecular weight is 368 g/mol. The van der Waals surface area contributed by atoms with Gasteiger partial charge in [0.25, 0.3) is 5.56 Å². The molecule has 0 fully saturated rings. The standard InChI is InChI=1S/C21H25N3OS/c1-3-12-24-20(25)18-16-10-6-7-11-17(16)26-19(18)23-21(24)22-13-15-9-5-4-8-14(15)2/h4-5,8-9H,3,6-7,10-13H2,1-2H3,(H,22,23). The van der Waals surface area contributed by atoms with Crippen LogP contribution in [0.5, 0.6) is 0 Å². The van der Waals surface area contributed by atoms with Crippen LogP contribution in [0, 0.1) is 6.92 Å². The quantitative estimate of drug-likeness (QED) is 0.713. The monoisotopic (exact) mass is 367 g/mol. The Balaban J connectivity index is 1.77. The molecule has 0 atom stereocenters. The Morgan fingerprint density at radius 2 is 2.04 bits per heavy atom. The van der Waals surface area contributed by atoms with Gasteiger partial charge in [-0.05, 0) is 55.7 Å². The third kappa shape index (κ3) is 3.05. The van der Waals surface area contributed by atoms with Crippen LogP contribution in [0.4, 0.5) is 5.95 Å². The molecule has 1 N–H and O–H groups in total. The summed E-state index contributed by atoms with van der Waals surface area (Å²) in [6.07, 6.45) is 5.43. The molecule has 0 radical (unpaired) electrons. The number of fused-ring (bicyclic) bond motifs is 3. The van der Waals surface area contributed by atoms with E-state index in [1.54, 1.807) is 11.3 Å². The van der Waals surface area contributed by atoms with Gasteiger partial charge >= 0.3 is 0 Å². The van der Waals surface area contributed by atoms with E-state index in [0.29, 0.717) is 19.0 Å². The van der Waals surface area contributed by atoms with E-state index in [9.17, 15) is 4.79 Å². The Labute approximate surface area is 157 Å². The Hall–Kier alpha value is -2.14. The minimum atomic E-state index is 0.128. The molecule has 0 saturated carbocycles. The van der Waals surface area contributed by atoms with Gasteiger partial charge in [0.1, 0.15) is 4.83 Å². The molecule has 136 valence electrons. The predicted octanol–water partition coefficient (Wildman–Crippen LogP) is 4.67. The molecule has 1 aliphatic rings. The van der Waals surface area contributed by atoms with E-state index in [-0.39, 0.29) is 5.56 Å². The molecular weight excluding hydrogens is 342 g/mol. The summed E-state index contributed by atoms with van der Waals surface area (Å²) in [5.74, 6) is 0.700. The van der Waals surface area contributed by atoms with E-state index < -0.39 is 0 Å². The maximum absolute atomic E-state index is 13.2. The smallest absolute Gasteiger partial charge is 0.263 e. The molecule has 0 spiro atoms. The fourth-order valence-corrected chi connectivity index (χ4v) is 5.04. The lowest BCUT2D eigenvalue weighted by Crippen LogP contribution is -2.25. The molecule has 4 rings (SSSR count).